The first kappa shape index (κ1) is 15.5. The third kappa shape index (κ3) is 4.97. The Bertz CT molecular complexity index is 257. The van der Waals surface area contributed by atoms with Gasteiger partial charge in [-0.1, -0.05) is 13.8 Å². The zero-order valence-electron chi connectivity index (χ0n) is 12.5. The zero-order valence-corrected chi connectivity index (χ0v) is 12.5. The highest BCUT2D eigenvalue weighted by Crippen LogP contribution is 2.26. The Balaban J connectivity index is 2.35. The van der Waals surface area contributed by atoms with Crippen molar-refractivity contribution in [3.05, 3.63) is 0 Å². The summed E-state index contributed by atoms with van der Waals surface area (Å²) in [6, 6.07) is 0.720. The van der Waals surface area contributed by atoms with Crippen LogP contribution in [0.4, 0.5) is 0 Å². The first-order valence-electron chi connectivity index (χ1n) is 7.41. The van der Waals surface area contributed by atoms with Gasteiger partial charge in [-0.15, -0.1) is 0 Å². The van der Waals surface area contributed by atoms with Crippen LogP contribution in [0.15, 0.2) is 0 Å². The Morgan fingerprint density at radius 2 is 1.78 bits per heavy atom. The van der Waals surface area contributed by atoms with E-state index in [0.717, 1.165) is 32.1 Å². The van der Waals surface area contributed by atoms with E-state index in [-0.39, 0.29) is 0 Å². The van der Waals surface area contributed by atoms with E-state index in [1.807, 2.05) is 11.9 Å². The molecule has 0 radical (unpaired) electrons. The topological polar surface area (TPSA) is 46.3 Å². The van der Waals surface area contributed by atoms with E-state index in [1.54, 1.807) is 0 Å². The van der Waals surface area contributed by atoms with Crippen molar-refractivity contribution in [3.8, 4) is 0 Å². The second-order valence-electron chi connectivity index (χ2n) is 6.47. The van der Waals surface area contributed by atoms with Gasteiger partial charge in [0.15, 0.2) is 0 Å². The van der Waals surface area contributed by atoms with E-state index in [9.17, 15) is 4.79 Å². The van der Waals surface area contributed by atoms with Gasteiger partial charge in [-0.2, -0.15) is 0 Å². The van der Waals surface area contributed by atoms with Crippen LogP contribution in [-0.4, -0.2) is 29.9 Å². The first-order valence-corrected chi connectivity index (χ1v) is 7.41. The summed E-state index contributed by atoms with van der Waals surface area (Å²) >= 11 is 0. The lowest BCUT2D eigenvalue weighted by Gasteiger charge is -2.30. The molecule has 3 nitrogen and oxygen atoms in total. The molecule has 0 aromatic rings. The van der Waals surface area contributed by atoms with Crippen molar-refractivity contribution in [1.29, 1.82) is 0 Å². The number of rotatable bonds is 5. The largest absolute Gasteiger partial charge is 0.343 e. The molecule has 1 fully saturated rings. The average Bonchev–Trinajstić information content (AvgIpc) is 2.30. The summed E-state index contributed by atoms with van der Waals surface area (Å²) < 4.78 is 0. The highest BCUT2D eigenvalue weighted by atomic mass is 16.2. The molecule has 1 unspecified atom stereocenters. The summed E-state index contributed by atoms with van der Waals surface area (Å²) in [5.41, 5.74) is 5.90. The SMILES string of the molecule is CC(C)CC(C)N(C)C(=O)CC1CCC(N)CC1. The molecule has 2 N–H and O–H groups in total. The highest BCUT2D eigenvalue weighted by Gasteiger charge is 2.24. The molecule has 18 heavy (non-hydrogen) atoms. The van der Waals surface area contributed by atoms with Gasteiger partial charge in [0.1, 0.15) is 0 Å². The molecule has 0 aromatic heterocycles. The third-order valence-corrected chi connectivity index (χ3v) is 4.22. The number of carbonyl (C=O) groups excluding carboxylic acids is 1. The van der Waals surface area contributed by atoms with Crippen LogP contribution in [0.25, 0.3) is 0 Å². The summed E-state index contributed by atoms with van der Waals surface area (Å²) in [4.78, 5) is 14.1. The van der Waals surface area contributed by atoms with E-state index < -0.39 is 0 Å². The molecule has 0 aromatic carbocycles. The minimum atomic E-state index is 0.309. The number of nitrogens with two attached hydrogens (primary N) is 1. The lowest BCUT2D eigenvalue weighted by atomic mass is 9.84. The predicted octanol–water partition coefficient (Wildman–Crippen LogP) is 2.79. The Kier molecular flexibility index (Phi) is 6.13. The molecular formula is C15H30N2O. The minimum absolute atomic E-state index is 0.309. The Morgan fingerprint density at radius 3 is 2.28 bits per heavy atom. The van der Waals surface area contributed by atoms with Crippen LogP contribution in [0.2, 0.25) is 0 Å². The van der Waals surface area contributed by atoms with Crippen molar-refractivity contribution >= 4 is 5.91 Å². The molecule has 0 saturated heterocycles. The van der Waals surface area contributed by atoms with Crippen LogP contribution >= 0.6 is 0 Å². The Morgan fingerprint density at radius 1 is 1.22 bits per heavy atom. The van der Waals surface area contributed by atoms with Crippen LogP contribution in [-0.2, 0) is 4.79 Å². The molecule has 106 valence electrons. The van der Waals surface area contributed by atoms with Gasteiger partial charge in [-0.25, -0.2) is 0 Å². The maximum absolute atomic E-state index is 12.2. The van der Waals surface area contributed by atoms with Crippen molar-refractivity contribution < 1.29 is 4.79 Å². The van der Waals surface area contributed by atoms with Crippen LogP contribution < -0.4 is 5.73 Å². The summed E-state index contributed by atoms with van der Waals surface area (Å²) in [5, 5.41) is 0. The molecule has 0 aliphatic heterocycles. The minimum Gasteiger partial charge on any atom is -0.343 e. The molecule has 1 rings (SSSR count). The summed E-state index contributed by atoms with van der Waals surface area (Å²) in [5.74, 6) is 1.51. The summed E-state index contributed by atoms with van der Waals surface area (Å²) in [6.07, 6.45) is 6.22. The fraction of sp³-hybridized carbons (Fsp3) is 0.933. The van der Waals surface area contributed by atoms with Crippen molar-refractivity contribution in [2.45, 2.75) is 71.4 Å². The second-order valence-corrected chi connectivity index (χ2v) is 6.47. The van der Waals surface area contributed by atoms with Crippen molar-refractivity contribution in [3.63, 3.8) is 0 Å². The van der Waals surface area contributed by atoms with E-state index in [2.05, 4.69) is 20.8 Å². The first-order chi connectivity index (χ1) is 8.40. The smallest absolute Gasteiger partial charge is 0.222 e. The van der Waals surface area contributed by atoms with Gasteiger partial charge in [0, 0.05) is 25.6 Å². The van der Waals surface area contributed by atoms with Crippen LogP contribution in [0.5, 0.6) is 0 Å². The van der Waals surface area contributed by atoms with Gasteiger partial charge < -0.3 is 10.6 Å². The molecule has 1 aliphatic rings. The molecular weight excluding hydrogens is 224 g/mol. The van der Waals surface area contributed by atoms with Gasteiger partial charge in [0.05, 0.1) is 0 Å². The Hall–Kier alpha value is -0.570. The number of amides is 1. The Labute approximate surface area is 112 Å². The molecule has 0 spiro atoms. The number of hydrogen-bond donors (Lipinski definition) is 1. The molecule has 1 aliphatic carbocycles. The molecule has 1 atom stereocenters. The van der Waals surface area contributed by atoms with Gasteiger partial charge in [-0.3, -0.25) is 4.79 Å². The summed E-state index contributed by atoms with van der Waals surface area (Å²) in [7, 11) is 1.95. The standard InChI is InChI=1S/C15H30N2O/c1-11(2)9-12(3)17(4)15(18)10-13-5-7-14(16)8-6-13/h11-14H,5-10,16H2,1-4H3. The predicted molar refractivity (Wildman–Crippen MR) is 76.2 cm³/mol. The maximum atomic E-state index is 12.2. The van der Waals surface area contributed by atoms with Gasteiger partial charge in [0.2, 0.25) is 5.91 Å². The van der Waals surface area contributed by atoms with Crippen molar-refractivity contribution in [2.24, 2.45) is 17.6 Å². The normalized spacial score (nSPS) is 26.1. The van der Waals surface area contributed by atoms with E-state index >= 15 is 0 Å². The molecule has 0 heterocycles. The van der Waals surface area contributed by atoms with Crippen LogP contribution in [0.1, 0.15) is 59.3 Å². The van der Waals surface area contributed by atoms with Crippen molar-refractivity contribution in [1.82, 2.24) is 4.90 Å². The highest BCUT2D eigenvalue weighted by molar-refractivity contribution is 5.76. The average molecular weight is 254 g/mol. The fourth-order valence-corrected chi connectivity index (χ4v) is 2.87. The molecule has 3 heteroatoms. The molecule has 1 amide bonds. The quantitative estimate of drug-likeness (QED) is 0.820. The van der Waals surface area contributed by atoms with E-state index in [4.69, 9.17) is 5.73 Å². The van der Waals surface area contributed by atoms with E-state index in [0.29, 0.717) is 36.2 Å². The van der Waals surface area contributed by atoms with Crippen molar-refractivity contribution in [2.75, 3.05) is 7.05 Å². The maximum Gasteiger partial charge on any atom is 0.222 e. The number of hydrogen-bond acceptors (Lipinski definition) is 2. The lowest BCUT2D eigenvalue weighted by molar-refractivity contribution is -0.133. The van der Waals surface area contributed by atoms with Crippen LogP contribution in [0.3, 0.4) is 0 Å². The third-order valence-electron chi connectivity index (χ3n) is 4.22. The zero-order chi connectivity index (χ0) is 13.7. The second kappa shape index (κ2) is 7.13. The van der Waals surface area contributed by atoms with Gasteiger partial charge in [-0.05, 0) is 50.9 Å². The monoisotopic (exact) mass is 254 g/mol. The van der Waals surface area contributed by atoms with Gasteiger partial charge in [0.25, 0.3) is 0 Å². The molecule has 1 saturated carbocycles. The fourth-order valence-electron chi connectivity index (χ4n) is 2.87. The number of carbonyl (C=O) groups is 1. The molecule has 0 bridgehead atoms. The van der Waals surface area contributed by atoms with Gasteiger partial charge >= 0.3 is 0 Å². The van der Waals surface area contributed by atoms with E-state index in [1.165, 1.54) is 0 Å². The van der Waals surface area contributed by atoms with Crippen LogP contribution in [0, 0.1) is 11.8 Å². The number of nitrogens with zero attached hydrogens (tertiary/aromatic N) is 1. The summed E-state index contributed by atoms with van der Waals surface area (Å²) in [6.45, 7) is 6.56. The lowest BCUT2D eigenvalue weighted by Crippen LogP contribution is -2.37.